The fourth-order valence-electron chi connectivity index (χ4n) is 1.33. The van der Waals surface area contributed by atoms with E-state index >= 15 is 0 Å². The van der Waals surface area contributed by atoms with Gasteiger partial charge in [-0.15, -0.1) is 0 Å². The van der Waals surface area contributed by atoms with Gasteiger partial charge in [-0.2, -0.15) is 0 Å². The molecule has 0 amide bonds. The molecule has 0 radical (unpaired) electrons. The number of rotatable bonds is 1. The highest BCUT2D eigenvalue weighted by Crippen LogP contribution is 2.17. The Labute approximate surface area is 68.5 Å². The quantitative estimate of drug-likeness (QED) is 0.603. The predicted octanol–water partition coefficient (Wildman–Crippen LogP) is 2.39. The zero-order valence-corrected chi connectivity index (χ0v) is 7.06. The molecule has 0 saturated carbocycles. The van der Waals surface area contributed by atoms with Crippen LogP contribution in [0.15, 0.2) is 36.1 Å². The van der Waals surface area contributed by atoms with E-state index in [1.54, 1.807) is 0 Å². The van der Waals surface area contributed by atoms with Crippen molar-refractivity contribution in [2.24, 2.45) is 0 Å². The third-order valence-corrected chi connectivity index (χ3v) is 1.92. The van der Waals surface area contributed by atoms with Gasteiger partial charge in [0.25, 0.3) is 0 Å². The van der Waals surface area contributed by atoms with Crippen molar-refractivity contribution < 1.29 is 0 Å². The van der Waals surface area contributed by atoms with E-state index in [4.69, 9.17) is 0 Å². The second-order valence-electron chi connectivity index (χ2n) is 2.66. The summed E-state index contributed by atoms with van der Waals surface area (Å²) in [6.07, 6.45) is 8.48. The Kier molecular flexibility index (Phi) is 2.96. The average molecular weight is 149 g/mol. The average Bonchev–Trinajstić information content (AvgIpc) is 2.06. The molecule has 1 aliphatic heterocycles. The molecule has 1 rings (SSSR count). The van der Waals surface area contributed by atoms with Crippen LogP contribution >= 0.6 is 0 Å². The van der Waals surface area contributed by atoms with E-state index in [0.717, 1.165) is 6.54 Å². The van der Waals surface area contributed by atoms with Crippen LogP contribution in [0.4, 0.5) is 0 Å². The van der Waals surface area contributed by atoms with Crippen LogP contribution in [-0.4, -0.2) is 6.54 Å². The van der Waals surface area contributed by atoms with Gasteiger partial charge in [-0.3, -0.25) is 0 Å². The fourth-order valence-corrected chi connectivity index (χ4v) is 1.33. The molecule has 1 nitrogen and oxygen atoms in total. The first-order chi connectivity index (χ1) is 5.38. The summed E-state index contributed by atoms with van der Waals surface area (Å²) in [7, 11) is 0. The molecular weight excluding hydrogens is 134 g/mol. The zero-order chi connectivity index (χ0) is 8.10. The third kappa shape index (κ3) is 1.97. The number of hydrogen-bond acceptors (Lipinski definition) is 1. The Balaban J connectivity index is 2.74. The van der Waals surface area contributed by atoms with Gasteiger partial charge in [0.2, 0.25) is 0 Å². The molecule has 0 aromatic heterocycles. The van der Waals surface area contributed by atoms with Gasteiger partial charge in [0.05, 0.1) is 0 Å². The Hall–Kier alpha value is -0.980. The summed E-state index contributed by atoms with van der Waals surface area (Å²) in [4.78, 5) is 0. The van der Waals surface area contributed by atoms with Gasteiger partial charge in [0.15, 0.2) is 0 Å². The highest BCUT2D eigenvalue weighted by molar-refractivity contribution is 5.33. The molecular formula is C10H15N. The summed E-state index contributed by atoms with van der Waals surface area (Å²) >= 11 is 0. The summed E-state index contributed by atoms with van der Waals surface area (Å²) in [6.45, 7) is 6.86. The Morgan fingerprint density at radius 1 is 1.55 bits per heavy atom. The molecule has 0 aliphatic carbocycles. The first-order valence-corrected chi connectivity index (χ1v) is 4.10. The summed E-state index contributed by atoms with van der Waals surface area (Å²) in [6, 6.07) is 0. The van der Waals surface area contributed by atoms with Crippen molar-refractivity contribution in [3.63, 3.8) is 0 Å². The molecule has 1 heterocycles. The number of nitrogens with one attached hydrogen (secondary N) is 1. The van der Waals surface area contributed by atoms with Crippen LogP contribution in [0.25, 0.3) is 0 Å². The lowest BCUT2D eigenvalue weighted by Crippen LogP contribution is -2.21. The second kappa shape index (κ2) is 4.02. The second-order valence-corrected chi connectivity index (χ2v) is 2.66. The normalized spacial score (nSPS) is 25.2. The van der Waals surface area contributed by atoms with E-state index in [1.165, 1.54) is 24.1 Å². The minimum absolute atomic E-state index is 1.09. The molecule has 60 valence electrons. The van der Waals surface area contributed by atoms with E-state index in [2.05, 4.69) is 24.9 Å². The van der Waals surface area contributed by atoms with Crippen LogP contribution in [0.1, 0.15) is 19.8 Å². The van der Waals surface area contributed by atoms with Crippen molar-refractivity contribution in [3.8, 4) is 0 Å². The molecule has 1 heteroatoms. The van der Waals surface area contributed by atoms with Crippen molar-refractivity contribution in [2.75, 3.05) is 6.54 Å². The lowest BCUT2D eigenvalue weighted by atomic mass is 10.0. The van der Waals surface area contributed by atoms with E-state index in [0.29, 0.717) is 0 Å². The van der Waals surface area contributed by atoms with E-state index in [-0.39, 0.29) is 0 Å². The Morgan fingerprint density at radius 3 is 3.00 bits per heavy atom. The molecule has 1 fully saturated rings. The summed E-state index contributed by atoms with van der Waals surface area (Å²) < 4.78 is 0. The first kappa shape index (κ1) is 8.12. The van der Waals surface area contributed by atoms with Crippen LogP contribution in [0, 0.1) is 0 Å². The smallest absolute Gasteiger partial charge is 0.0369 e. The summed E-state index contributed by atoms with van der Waals surface area (Å²) in [5.74, 6) is 0. The van der Waals surface area contributed by atoms with Gasteiger partial charge < -0.3 is 5.32 Å². The van der Waals surface area contributed by atoms with Crippen molar-refractivity contribution in [3.05, 3.63) is 36.1 Å². The maximum atomic E-state index is 3.68. The summed E-state index contributed by atoms with van der Waals surface area (Å²) in [5, 5.41) is 3.34. The van der Waals surface area contributed by atoms with Crippen LogP contribution in [0.2, 0.25) is 0 Å². The number of piperidine rings is 1. The van der Waals surface area contributed by atoms with E-state index < -0.39 is 0 Å². The largest absolute Gasteiger partial charge is 0.385 e. The predicted molar refractivity (Wildman–Crippen MR) is 49.3 cm³/mol. The molecule has 0 aromatic carbocycles. The highest BCUT2D eigenvalue weighted by atomic mass is 14.9. The summed E-state index contributed by atoms with van der Waals surface area (Å²) in [5.41, 5.74) is 2.66. The molecule has 1 aliphatic rings. The maximum absolute atomic E-state index is 3.68. The first-order valence-electron chi connectivity index (χ1n) is 4.10. The molecule has 0 aromatic rings. The third-order valence-electron chi connectivity index (χ3n) is 1.92. The van der Waals surface area contributed by atoms with Gasteiger partial charge >= 0.3 is 0 Å². The standard InChI is InChI=1S/C10H15N/c1-3-6-10-9(4-2)7-5-8-11-10/h3-4,6,11H,1,5,7-8H2,2H3/b9-4-,10-6+. The number of allylic oxidation sites excluding steroid dienone is 4. The molecule has 11 heavy (non-hydrogen) atoms. The molecule has 0 bridgehead atoms. The van der Waals surface area contributed by atoms with Crippen molar-refractivity contribution in [2.45, 2.75) is 19.8 Å². The lowest BCUT2D eigenvalue weighted by molar-refractivity contribution is 0.668. The van der Waals surface area contributed by atoms with Gasteiger partial charge in [-0.1, -0.05) is 18.7 Å². The van der Waals surface area contributed by atoms with Gasteiger partial charge in [-0.05, 0) is 31.4 Å². The topological polar surface area (TPSA) is 12.0 Å². The molecule has 0 atom stereocenters. The minimum Gasteiger partial charge on any atom is -0.385 e. The van der Waals surface area contributed by atoms with Gasteiger partial charge in [-0.25, -0.2) is 0 Å². The molecule has 0 unspecified atom stereocenters. The molecule has 1 N–H and O–H groups in total. The monoisotopic (exact) mass is 149 g/mol. The van der Waals surface area contributed by atoms with E-state index in [9.17, 15) is 0 Å². The molecule has 1 saturated heterocycles. The SMILES string of the molecule is C=C/C=C1/NCCC/C1=C/C. The fraction of sp³-hybridized carbons (Fsp3) is 0.400. The van der Waals surface area contributed by atoms with Crippen LogP contribution in [0.5, 0.6) is 0 Å². The Bertz CT molecular complexity index is 199. The zero-order valence-electron chi connectivity index (χ0n) is 7.06. The van der Waals surface area contributed by atoms with Gasteiger partial charge in [0, 0.05) is 12.2 Å². The number of hydrogen-bond donors (Lipinski definition) is 1. The Morgan fingerprint density at radius 2 is 2.36 bits per heavy atom. The van der Waals surface area contributed by atoms with Crippen molar-refractivity contribution >= 4 is 0 Å². The highest BCUT2D eigenvalue weighted by Gasteiger charge is 2.07. The molecule has 0 spiro atoms. The minimum atomic E-state index is 1.09. The van der Waals surface area contributed by atoms with Crippen molar-refractivity contribution in [1.29, 1.82) is 0 Å². The van der Waals surface area contributed by atoms with Crippen LogP contribution in [0.3, 0.4) is 0 Å². The lowest BCUT2D eigenvalue weighted by Gasteiger charge is -2.19. The van der Waals surface area contributed by atoms with Gasteiger partial charge in [0.1, 0.15) is 0 Å². The van der Waals surface area contributed by atoms with Crippen LogP contribution in [-0.2, 0) is 0 Å². The van der Waals surface area contributed by atoms with E-state index in [1.807, 2.05) is 12.2 Å². The van der Waals surface area contributed by atoms with Crippen LogP contribution < -0.4 is 5.32 Å². The van der Waals surface area contributed by atoms with Crippen molar-refractivity contribution in [1.82, 2.24) is 5.32 Å². The maximum Gasteiger partial charge on any atom is 0.0369 e.